The second kappa shape index (κ2) is 9.04. The number of pyridine rings is 1. The summed E-state index contributed by atoms with van der Waals surface area (Å²) >= 11 is 0. The Morgan fingerprint density at radius 2 is 2.03 bits per heavy atom. The van der Waals surface area contributed by atoms with Gasteiger partial charge >= 0.3 is 0 Å². The Balaban J connectivity index is 0.000000806. The average molecular weight is 414 g/mol. The first-order chi connectivity index (χ1) is 14.3. The predicted molar refractivity (Wildman–Crippen MR) is 110 cm³/mol. The van der Waals surface area contributed by atoms with E-state index in [4.69, 9.17) is 15.6 Å². The highest BCUT2D eigenvalue weighted by Gasteiger charge is 2.35. The molecule has 0 aromatic carbocycles. The number of hydrogen-bond donors (Lipinski definition) is 2. The van der Waals surface area contributed by atoms with Crippen molar-refractivity contribution < 1.29 is 14.7 Å². The molecule has 0 aliphatic carbocycles. The lowest BCUT2D eigenvalue weighted by atomic mass is 9.83. The summed E-state index contributed by atoms with van der Waals surface area (Å²) < 4.78 is 1.96. The van der Waals surface area contributed by atoms with E-state index in [2.05, 4.69) is 20.9 Å². The van der Waals surface area contributed by atoms with Crippen LogP contribution in [0.5, 0.6) is 0 Å². The molecule has 0 unspecified atom stereocenters. The number of aromatic nitrogens is 3. The van der Waals surface area contributed by atoms with Gasteiger partial charge in [-0.3, -0.25) is 19.4 Å². The summed E-state index contributed by atoms with van der Waals surface area (Å²) in [4.78, 5) is 45.3. The van der Waals surface area contributed by atoms with Crippen LogP contribution in [0.2, 0.25) is 0 Å². The first-order valence-corrected chi connectivity index (χ1v) is 9.66. The third-order valence-electron chi connectivity index (χ3n) is 5.37. The minimum Gasteiger partial charge on any atom is -0.483 e. The second-order valence-electron chi connectivity index (χ2n) is 7.87. The number of nitrogens with zero attached hydrogens (tertiary/aromatic N) is 5. The fourth-order valence-electron chi connectivity index (χ4n) is 4.27. The number of amides is 1. The van der Waals surface area contributed by atoms with Gasteiger partial charge in [0.15, 0.2) is 0 Å². The molecule has 1 saturated heterocycles. The Hall–Kier alpha value is -3.27. The lowest BCUT2D eigenvalue weighted by Gasteiger charge is -2.43. The molecule has 2 aliphatic heterocycles. The van der Waals surface area contributed by atoms with Crippen LogP contribution in [0.4, 0.5) is 5.82 Å². The Morgan fingerprint density at radius 3 is 2.70 bits per heavy atom. The van der Waals surface area contributed by atoms with Crippen molar-refractivity contribution in [1.29, 1.82) is 0 Å². The van der Waals surface area contributed by atoms with Crippen LogP contribution in [0.3, 0.4) is 0 Å². The van der Waals surface area contributed by atoms with Gasteiger partial charge in [-0.05, 0) is 32.5 Å². The van der Waals surface area contributed by atoms with E-state index in [9.17, 15) is 9.59 Å². The summed E-state index contributed by atoms with van der Waals surface area (Å²) in [7, 11) is 3.94. The van der Waals surface area contributed by atoms with Gasteiger partial charge in [-0.15, -0.1) is 0 Å². The highest BCUT2D eigenvalue weighted by molar-refractivity contribution is 5.90. The monoisotopic (exact) mass is 414 g/mol. The lowest BCUT2D eigenvalue weighted by Crippen LogP contribution is -2.48. The van der Waals surface area contributed by atoms with Gasteiger partial charge in [-0.1, -0.05) is 6.07 Å². The number of piperidine rings is 1. The molecule has 1 fully saturated rings. The Morgan fingerprint density at radius 1 is 1.30 bits per heavy atom. The highest BCUT2D eigenvalue weighted by Crippen LogP contribution is 2.36. The van der Waals surface area contributed by atoms with Gasteiger partial charge in [0.1, 0.15) is 11.5 Å². The molecule has 0 radical (unpaired) electrons. The van der Waals surface area contributed by atoms with E-state index in [1.807, 2.05) is 29.6 Å². The summed E-state index contributed by atoms with van der Waals surface area (Å²) in [6, 6.07) is 4.05. The number of carboxylic acid groups (broad SMARTS) is 1. The Kier molecular flexibility index (Phi) is 6.46. The zero-order valence-electron chi connectivity index (χ0n) is 17.1. The first-order valence-electron chi connectivity index (χ1n) is 9.66. The molecular weight excluding hydrogens is 388 g/mol. The van der Waals surface area contributed by atoms with Crippen molar-refractivity contribution in [3.05, 3.63) is 51.8 Å². The van der Waals surface area contributed by atoms with Crippen LogP contribution in [0.1, 0.15) is 34.1 Å². The standard InChI is InChI=1S/C19H24N6O2.CH2O2/c1-23(2)10-13-3-4-16-14-5-12(9-25(16)19(13)27)8-24(11-14)17-7-21-6-15(22-17)18(20)26;2-1-3/h3-4,6-7,12,14H,5,8-11H2,1-2H3,(H2,20,26);1H,(H,2,3)/t12-,14+;/m0./s1. The van der Waals surface area contributed by atoms with E-state index in [-0.39, 0.29) is 23.6 Å². The fraction of sp³-hybridized carbons (Fsp3) is 0.450. The Labute approximate surface area is 174 Å². The van der Waals surface area contributed by atoms with Crippen LogP contribution in [-0.2, 0) is 17.9 Å². The van der Waals surface area contributed by atoms with E-state index in [1.54, 1.807) is 6.20 Å². The zero-order chi connectivity index (χ0) is 21.8. The van der Waals surface area contributed by atoms with Crippen molar-refractivity contribution in [3.63, 3.8) is 0 Å². The summed E-state index contributed by atoms with van der Waals surface area (Å²) in [5, 5.41) is 6.89. The maximum atomic E-state index is 12.9. The predicted octanol–water partition coefficient (Wildman–Crippen LogP) is 0.123. The number of anilines is 1. The number of carbonyl (C=O) groups excluding carboxylic acids is 1. The van der Waals surface area contributed by atoms with E-state index in [0.29, 0.717) is 24.8 Å². The van der Waals surface area contributed by atoms with Crippen LogP contribution in [0.25, 0.3) is 0 Å². The molecule has 2 aliphatic rings. The van der Waals surface area contributed by atoms with Crippen LogP contribution in [0, 0.1) is 5.92 Å². The topological polar surface area (TPSA) is 135 Å². The number of carbonyl (C=O) groups is 2. The maximum Gasteiger partial charge on any atom is 0.290 e. The van der Waals surface area contributed by atoms with Crippen molar-refractivity contribution >= 4 is 18.2 Å². The molecule has 10 nitrogen and oxygen atoms in total. The molecule has 2 atom stereocenters. The average Bonchev–Trinajstić information content (AvgIpc) is 2.71. The molecule has 10 heteroatoms. The molecule has 0 spiro atoms. The lowest BCUT2D eigenvalue weighted by molar-refractivity contribution is -0.122. The molecule has 4 heterocycles. The molecular formula is C20H26N6O4. The molecule has 2 aromatic rings. The van der Waals surface area contributed by atoms with Gasteiger partial charge in [0.25, 0.3) is 17.9 Å². The number of nitrogens with two attached hydrogens (primary N) is 1. The van der Waals surface area contributed by atoms with Gasteiger partial charge in [0.05, 0.1) is 12.4 Å². The minimum atomic E-state index is -0.577. The van der Waals surface area contributed by atoms with Gasteiger partial charge in [0, 0.05) is 43.4 Å². The molecule has 1 amide bonds. The second-order valence-corrected chi connectivity index (χ2v) is 7.87. The normalized spacial score (nSPS) is 19.5. The largest absolute Gasteiger partial charge is 0.483 e. The van der Waals surface area contributed by atoms with Crippen LogP contribution >= 0.6 is 0 Å². The van der Waals surface area contributed by atoms with Crippen LogP contribution in [0.15, 0.2) is 29.3 Å². The molecule has 30 heavy (non-hydrogen) atoms. The molecule has 2 aromatic heterocycles. The van der Waals surface area contributed by atoms with Crippen LogP contribution in [-0.4, -0.2) is 64.1 Å². The van der Waals surface area contributed by atoms with E-state index < -0.39 is 5.91 Å². The molecule has 160 valence electrons. The smallest absolute Gasteiger partial charge is 0.290 e. The third-order valence-corrected chi connectivity index (χ3v) is 5.37. The van der Waals surface area contributed by atoms with E-state index in [1.165, 1.54) is 6.20 Å². The number of rotatable bonds is 4. The van der Waals surface area contributed by atoms with E-state index >= 15 is 0 Å². The quantitative estimate of drug-likeness (QED) is 0.674. The molecule has 2 bridgehead atoms. The summed E-state index contributed by atoms with van der Waals surface area (Å²) in [6.45, 7) is 2.65. The first kappa shape index (κ1) is 21.4. The number of primary amides is 1. The fourth-order valence-corrected chi connectivity index (χ4v) is 4.27. The van der Waals surface area contributed by atoms with Crippen molar-refractivity contribution in [1.82, 2.24) is 19.4 Å². The summed E-state index contributed by atoms with van der Waals surface area (Å²) in [5.74, 6) is 0.716. The summed E-state index contributed by atoms with van der Waals surface area (Å²) in [5.41, 5.74) is 7.55. The van der Waals surface area contributed by atoms with Crippen LogP contribution < -0.4 is 16.2 Å². The van der Waals surface area contributed by atoms with Crippen molar-refractivity contribution in [2.75, 3.05) is 32.1 Å². The van der Waals surface area contributed by atoms with Crippen molar-refractivity contribution in [3.8, 4) is 0 Å². The number of fused-ring (bicyclic) bond motifs is 4. The zero-order valence-corrected chi connectivity index (χ0v) is 17.1. The molecule has 4 rings (SSSR count). The molecule has 3 N–H and O–H groups in total. The third kappa shape index (κ3) is 4.48. The van der Waals surface area contributed by atoms with Crippen molar-refractivity contribution in [2.45, 2.75) is 25.4 Å². The van der Waals surface area contributed by atoms with Gasteiger partial charge in [-0.2, -0.15) is 0 Å². The maximum absolute atomic E-state index is 12.9. The molecule has 0 saturated carbocycles. The minimum absolute atomic E-state index is 0.125. The highest BCUT2D eigenvalue weighted by atomic mass is 16.3. The van der Waals surface area contributed by atoms with Crippen molar-refractivity contribution in [2.24, 2.45) is 11.7 Å². The van der Waals surface area contributed by atoms with Gasteiger partial charge in [-0.25, -0.2) is 4.98 Å². The van der Waals surface area contributed by atoms with Gasteiger partial charge in [0.2, 0.25) is 0 Å². The SMILES string of the molecule is CN(C)Cc1ccc2n(c1=O)C[C@H]1C[C@@H]2CN(c2cncc(C(N)=O)n2)C1.O=CO. The number of hydrogen-bond acceptors (Lipinski definition) is 7. The summed E-state index contributed by atoms with van der Waals surface area (Å²) in [6.07, 6.45) is 4.12. The van der Waals surface area contributed by atoms with E-state index in [0.717, 1.165) is 30.8 Å². The van der Waals surface area contributed by atoms with Gasteiger partial charge < -0.3 is 25.2 Å². The Bertz CT molecular complexity index is 990.